The molecule has 0 N–H and O–H groups in total. The Morgan fingerprint density at radius 1 is 1.19 bits per heavy atom. The number of rotatable bonds is 3. The van der Waals surface area contributed by atoms with E-state index in [0.717, 1.165) is 37.6 Å². The number of aryl methyl sites for hydroxylation is 1. The molecule has 2 aliphatic rings. The van der Waals surface area contributed by atoms with Crippen molar-refractivity contribution in [2.75, 3.05) is 11.9 Å². The standard InChI is InChI=1S/C18H24BrNO/c19-11-10-17-7-3-4-12-20(17)18(21)16-9-8-14-5-1-2-6-15(14)13-16/h1-2,5-6,16-17H,3-4,7-13H2. The van der Waals surface area contributed by atoms with Gasteiger partial charge in [0.05, 0.1) is 0 Å². The van der Waals surface area contributed by atoms with Crippen LogP contribution in [0.25, 0.3) is 0 Å². The molecule has 21 heavy (non-hydrogen) atoms. The topological polar surface area (TPSA) is 20.3 Å². The average molecular weight is 350 g/mol. The first-order valence-electron chi connectivity index (χ1n) is 8.23. The Bertz CT molecular complexity index is 500. The van der Waals surface area contributed by atoms with E-state index >= 15 is 0 Å². The molecular weight excluding hydrogens is 326 g/mol. The van der Waals surface area contributed by atoms with Gasteiger partial charge < -0.3 is 4.90 Å². The quantitative estimate of drug-likeness (QED) is 0.756. The maximum absolute atomic E-state index is 13.0. The Morgan fingerprint density at radius 2 is 2.00 bits per heavy atom. The summed E-state index contributed by atoms with van der Waals surface area (Å²) < 4.78 is 0. The number of hydrogen-bond acceptors (Lipinski definition) is 1. The first kappa shape index (κ1) is 15.1. The minimum atomic E-state index is 0.204. The van der Waals surface area contributed by atoms with Crippen molar-refractivity contribution in [2.45, 2.75) is 51.0 Å². The zero-order chi connectivity index (χ0) is 14.7. The van der Waals surface area contributed by atoms with E-state index in [1.54, 1.807) is 0 Å². The van der Waals surface area contributed by atoms with Crippen LogP contribution in [0.5, 0.6) is 0 Å². The highest BCUT2D eigenvalue weighted by Crippen LogP contribution is 2.29. The lowest BCUT2D eigenvalue weighted by Gasteiger charge is -2.38. The molecule has 0 aromatic heterocycles. The molecule has 0 saturated carbocycles. The molecular formula is C18H24BrNO. The van der Waals surface area contributed by atoms with Crippen LogP contribution in [-0.2, 0) is 17.6 Å². The maximum Gasteiger partial charge on any atom is 0.226 e. The van der Waals surface area contributed by atoms with E-state index in [1.165, 1.54) is 30.4 Å². The summed E-state index contributed by atoms with van der Waals surface area (Å²) in [6, 6.07) is 9.08. The van der Waals surface area contributed by atoms with Crippen molar-refractivity contribution >= 4 is 21.8 Å². The van der Waals surface area contributed by atoms with Gasteiger partial charge in [-0.15, -0.1) is 0 Å². The van der Waals surface area contributed by atoms with Gasteiger partial charge in [0.2, 0.25) is 5.91 Å². The molecule has 3 heteroatoms. The molecule has 2 unspecified atom stereocenters. The molecule has 1 amide bonds. The number of nitrogens with zero attached hydrogens (tertiary/aromatic N) is 1. The van der Waals surface area contributed by atoms with Crippen LogP contribution in [0.4, 0.5) is 0 Å². The molecule has 1 aliphatic heterocycles. The Balaban J connectivity index is 1.70. The van der Waals surface area contributed by atoms with Crippen LogP contribution in [-0.4, -0.2) is 28.7 Å². The second-order valence-electron chi connectivity index (χ2n) is 6.37. The molecule has 1 heterocycles. The van der Waals surface area contributed by atoms with Crippen LogP contribution >= 0.6 is 15.9 Å². The first-order valence-corrected chi connectivity index (χ1v) is 9.35. The molecule has 0 bridgehead atoms. The summed E-state index contributed by atoms with van der Waals surface area (Å²) in [6.07, 6.45) is 7.74. The maximum atomic E-state index is 13.0. The summed E-state index contributed by atoms with van der Waals surface area (Å²) in [5.41, 5.74) is 2.83. The fraction of sp³-hybridized carbons (Fsp3) is 0.611. The third-order valence-electron chi connectivity index (χ3n) is 5.05. The van der Waals surface area contributed by atoms with Gasteiger partial charge in [0.1, 0.15) is 0 Å². The number of piperidine rings is 1. The molecule has 0 radical (unpaired) electrons. The normalized spacial score (nSPS) is 25.5. The van der Waals surface area contributed by atoms with Crippen LogP contribution in [0.2, 0.25) is 0 Å². The number of carbonyl (C=O) groups excluding carboxylic acids is 1. The number of alkyl halides is 1. The van der Waals surface area contributed by atoms with Crippen molar-refractivity contribution in [2.24, 2.45) is 5.92 Å². The van der Waals surface area contributed by atoms with E-state index in [0.29, 0.717) is 11.9 Å². The zero-order valence-corrected chi connectivity index (χ0v) is 14.1. The van der Waals surface area contributed by atoms with Crippen molar-refractivity contribution in [3.8, 4) is 0 Å². The third kappa shape index (κ3) is 3.33. The first-order chi connectivity index (χ1) is 10.3. The Kier molecular flexibility index (Phi) is 4.99. The number of hydrogen-bond donors (Lipinski definition) is 0. The molecule has 1 aromatic carbocycles. The van der Waals surface area contributed by atoms with Crippen molar-refractivity contribution in [1.29, 1.82) is 0 Å². The van der Waals surface area contributed by atoms with Crippen molar-refractivity contribution in [3.63, 3.8) is 0 Å². The minimum absolute atomic E-state index is 0.204. The summed E-state index contributed by atoms with van der Waals surface area (Å²) in [4.78, 5) is 15.2. The van der Waals surface area contributed by atoms with Gasteiger partial charge in [0.25, 0.3) is 0 Å². The van der Waals surface area contributed by atoms with Crippen LogP contribution in [0.3, 0.4) is 0 Å². The number of fused-ring (bicyclic) bond motifs is 1. The zero-order valence-electron chi connectivity index (χ0n) is 12.6. The summed E-state index contributed by atoms with van der Waals surface area (Å²) in [5.74, 6) is 0.617. The fourth-order valence-corrected chi connectivity index (χ4v) is 4.39. The van der Waals surface area contributed by atoms with Gasteiger partial charge in [0.15, 0.2) is 0 Å². The Morgan fingerprint density at radius 3 is 2.81 bits per heavy atom. The Hall–Kier alpha value is -0.830. The molecule has 2 nitrogen and oxygen atoms in total. The number of benzene rings is 1. The van der Waals surface area contributed by atoms with E-state index in [9.17, 15) is 4.79 Å². The third-order valence-corrected chi connectivity index (χ3v) is 5.51. The van der Waals surface area contributed by atoms with E-state index < -0.39 is 0 Å². The van der Waals surface area contributed by atoms with Gasteiger partial charge in [-0.05, 0) is 56.1 Å². The molecule has 1 aliphatic carbocycles. The van der Waals surface area contributed by atoms with Crippen LogP contribution in [0.15, 0.2) is 24.3 Å². The molecule has 3 rings (SSSR count). The van der Waals surface area contributed by atoms with Crippen LogP contribution < -0.4 is 0 Å². The van der Waals surface area contributed by atoms with Crippen LogP contribution in [0.1, 0.15) is 43.2 Å². The average Bonchev–Trinajstić information content (AvgIpc) is 2.54. The largest absolute Gasteiger partial charge is 0.339 e. The monoisotopic (exact) mass is 349 g/mol. The second-order valence-corrected chi connectivity index (χ2v) is 7.16. The lowest BCUT2D eigenvalue weighted by Crippen LogP contribution is -2.47. The van der Waals surface area contributed by atoms with E-state index in [-0.39, 0.29) is 5.92 Å². The second kappa shape index (κ2) is 6.95. The van der Waals surface area contributed by atoms with Gasteiger partial charge in [-0.1, -0.05) is 40.2 Å². The number of likely N-dealkylation sites (tertiary alicyclic amines) is 1. The molecule has 1 saturated heterocycles. The molecule has 0 spiro atoms. The molecule has 1 aromatic rings. The fourth-order valence-electron chi connectivity index (χ4n) is 3.86. The van der Waals surface area contributed by atoms with E-state index in [1.807, 2.05) is 0 Å². The number of carbonyl (C=O) groups is 1. The predicted molar refractivity (Wildman–Crippen MR) is 89.7 cm³/mol. The van der Waals surface area contributed by atoms with E-state index in [2.05, 4.69) is 45.1 Å². The summed E-state index contributed by atoms with van der Waals surface area (Å²) in [5, 5.41) is 0.995. The van der Waals surface area contributed by atoms with Gasteiger partial charge in [-0.25, -0.2) is 0 Å². The Labute approximate surface area is 136 Å². The van der Waals surface area contributed by atoms with Gasteiger partial charge in [-0.2, -0.15) is 0 Å². The van der Waals surface area contributed by atoms with Crippen molar-refractivity contribution in [3.05, 3.63) is 35.4 Å². The van der Waals surface area contributed by atoms with Crippen molar-refractivity contribution < 1.29 is 4.79 Å². The lowest BCUT2D eigenvalue weighted by molar-refractivity contribution is -0.139. The molecule has 2 atom stereocenters. The predicted octanol–water partition coefficient (Wildman–Crippen LogP) is 3.96. The highest BCUT2D eigenvalue weighted by atomic mass is 79.9. The lowest BCUT2D eigenvalue weighted by atomic mass is 9.82. The highest BCUT2D eigenvalue weighted by Gasteiger charge is 2.32. The van der Waals surface area contributed by atoms with Crippen molar-refractivity contribution in [1.82, 2.24) is 4.90 Å². The minimum Gasteiger partial charge on any atom is -0.339 e. The smallest absolute Gasteiger partial charge is 0.226 e. The SMILES string of the molecule is O=C(C1CCc2ccccc2C1)N1CCCCC1CCBr. The van der Waals surface area contributed by atoms with Gasteiger partial charge in [-0.3, -0.25) is 4.79 Å². The van der Waals surface area contributed by atoms with E-state index in [4.69, 9.17) is 0 Å². The molecule has 114 valence electrons. The number of amides is 1. The highest BCUT2D eigenvalue weighted by molar-refractivity contribution is 9.09. The summed E-state index contributed by atoms with van der Waals surface area (Å²) in [6.45, 7) is 0.967. The summed E-state index contributed by atoms with van der Waals surface area (Å²) >= 11 is 3.54. The summed E-state index contributed by atoms with van der Waals surface area (Å²) in [7, 11) is 0. The van der Waals surface area contributed by atoms with Crippen LogP contribution in [0, 0.1) is 5.92 Å². The number of halogens is 1. The van der Waals surface area contributed by atoms with Gasteiger partial charge >= 0.3 is 0 Å². The van der Waals surface area contributed by atoms with Gasteiger partial charge in [0, 0.05) is 23.8 Å². The molecule has 1 fully saturated rings.